The highest BCUT2D eigenvalue weighted by atomic mass is 15.4. The van der Waals surface area contributed by atoms with Crippen LogP contribution in [0.5, 0.6) is 0 Å². The zero-order valence-corrected chi connectivity index (χ0v) is 17.0. The molecule has 6 heteroatoms. The number of hydrogen-bond acceptors (Lipinski definition) is 6. The van der Waals surface area contributed by atoms with Crippen molar-refractivity contribution in [3.63, 3.8) is 0 Å². The van der Waals surface area contributed by atoms with Crippen molar-refractivity contribution in [1.29, 1.82) is 0 Å². The van der Waals surface area contributed by atoms with E-state index in [0.717, 1.165) is 47.1 Å². The second kappa shape index (κ2) is 6.52. The first-order chi connectivity index (χ1) is 14.2. The van der Waals surface area contributed by atoms with Crippen LogP contribution in [0.25, 0.3) is 16.6 Å². The van der Waals surface area contributed by atoms with Crippen LogP contribution in [-0.4, -0.2) is 59.3 Å². The van der Waals surface area contributed by atoms with Gasteiger partial charge >= 0.3 is 0 Å². The molecule has 0 radical (unpaired) electrons. The van der Waals surface area contributed by atoms with Crippen LogP contribution < -0.4 is 10.6 Å². The normalized spacial score (nSPS) is 28.0. The molecule has 2 saturated carbocycles. The summed E-state index contributed by atoms with van der Waals surface area (Å²) < 4.78 is 0. The minimum atomic E-state index is 0.456. The van der Waals surface area contributed by atoms with Crippen molar-refractivity contribution in [2.24, 2.45) is 16.6 Å². The van der Waals surface area contributed by atoms with E-state index >= 15 is 0 Å². The maximum Gasteiger partial charge on any atom is 0.0925 e. The third-order valence-electron chi connectivity index (χ3n) is 7.22. The predicted octanol–water partition coefficient (Wildman–Crippen LogP) is 2.84. The van der Waals surface area contributed by atoms with Crippen LogP contribution in [0, 0.1) is 5.92 Å². The van der Waals surface area contributed by atoms with E-state index in [2.05, 4.69) is 40.0 Å². The Balaban J connectivity index is 1.34. The summed E-state index contributed by atoms with van der Waals surface area (Å²) in [5.74, 6) is 0.482. The van der Waals surface area contributed by atoms with Gasteiger partial charge in [-0.2, -0.15) is 0 Å². The van der Waals surface area contributed by atoms with Crippen LogP contribution in [0.4, 0.5) is 5.69 Å². The lowest BCUT2D eigenvalue weighted by atomic mass is 9.85. The Bertz CT molecular complexity index is 1020. The maximum atomic E-state index is 6.52. The lowest BCUT2D eigenvalue weighted by Crippen LogP contribution is -2.78. The molecule has 2 unspecified atom stereocenters. The molecule has 4 fully saturated rings. The highest BCUT2D eigenvalue weighted by Crippen LogP contribution is 2.38. The summed E-state index contributed by atoms with van der Waals surface area (Å²) in [5, 5.41) is 0. The summed E-state index contributed by atoms with van der Waals surface area (Å²) in [5.41, 5.74) is 12.4. The van der Waals surface area contributed by atoms with Gasteiger partial charge in [-0.3, -0.25) is 14.9 Å². The number of aliphatic imine (C=N–C) groups is 1. The van der Waals surface area contributed by atoms with E-state index in [4.69, 9.17) is 15.7 Å². The monoisotopic (exact) mass is 388 g/mol. The van der Waals surface area contributed by atoms with Crippen LogP contribution in [0.2, 0.25) is 0 Å². The van der Waals surface area contributed by atoms with Gasteiger partial charge in [-0.25, -0.2) is 4.98 Å². The number of piperazine rings is 1. The summed E-state index contributed by atoms with van der Waals surface area (Å²) >= 11 is 0. The lowest BCUT2D eigenvalue weighted by molar-refractivity contribution is 0.0369. The largest absolute Gasteiger partial charge is 0.401 e. The number of nitrogens with two attached hydrogens (primary N) is 1. The number of likely N-dealkylation sites (N-methyl/N-ethyl adjacent to an activating group) is 1. The van der Waals surface area contributed by atoms with Crippen LogP contribution in [0.1, 0.15) is 37.8 Å². The molecule has 2 aliphatic heterocycles. The molecule has 1 aromatic carbocycles. The minimum absolute atomic E-state index is 0.456. The Labute approximate surface area is 171 Å². The molecule has 150 valence electrons. The van der Waals surface area contributed by atoms with Crippen molar-refractivity contribution in [2.45, 2.75) is 50.2 Å². The molecular weight excluding hydrogens is 360 g/mol. The third kappa shape index (κ3) is 2.92. The molecule has 2 N–H and O–H groups in total. The zero-order valence-electron chi connectivity index (χ0n) is 17.0. The number of hydrogen-bond donors (Lipinski definition) is 1. The molecule has 6 rings (SSSR count). The standard InChI is InChI=1S/C23H28N6/c1-28-12-22-21(28)13-29(22)16-7-8-18-19(9-16)27-20(11-26-18)17(23(24)14-5-6-14)10-25-15-3-2-4-15/h7-11,14-15,21-22H,2-6,12-13,24H2,1H3. The SMILES string of the molecule is CN1CC2C1CN2c1ccc2ncc(C(C=NC3CCC3)=C(N)C3CC3)nc2c1. The van der Waals surface area contributed by atoms with Crippen molar-refractivity contribution in [2.75, 3.05) is 25.0 Å². The van der Waals surface area contributed by atoms with E-state index < -0.39 is 0 Å². The first kappa shape index (κ1) is 17.4. The lowest BCUT2D eigenvalue weighted by Gasteiger charge is -2.62. The molecule has 0 amide bonds. The molecule has 3 heterocycles. The summed E-state index contributed by atoms with van der Waals surface area (Å²) in [7, 11) is 2.21. The second-order valence-corrected chi connectivity index (χ2v) is 9.16. The fourth-order valence-corrected chi connectivity index (χ4v) is 4.70. The van der Waals surface area contributed by atoms with Crippen LogP contribution in [0.3, 0.4) is 0 Å². The quantitative estimate of drug-likeness (QED) is 0.798. The van der Waals surface area contributed by atoms with E-state index in [9.17, 15) is 0 Å². The summed E-state index contributed by atoms with van der Waals surface area (Å²) in [6.07, 6.45) is 9.83. The van der Waals surface area contributed by atoms with Crippen molar-refractivity contribution in [3.05, 3.63) is 35.8 Å². The van der Waals surface area contributed by atoms with E-state index in [1.165, 1.54) is 37.8 Å². The number of aromatic nitrogens is 2. The fraction of sp³-hybridized carbons (Fsp3) is 0.522. The van der Waals surface area contributed by atoms with Gasteiger partial charge in [0.15, 0.2) is 0 Å². The molecule has 4 aliphatic rings. The Morgan fingerprint density at radius 3 is 2.66 bits per heavy atom. The highest BCUT2D eigenvalue weighted by Gasteiger charge is 2.49. The van der Waals surface area contributed by atoms with E-state index in [0.29, 0.717) is 18.0 Å². The number of anilines is 1. The number of rotatable bonds is 5. The Morgan fingerprint density at radius 2 is 2.00 bits per heavy atom. The van der Waals surface area contributed by atoms with Crippen molar-refractivity contribution in [1.82, 2.24) is 14.9 Å². The highest BCUT2D eigenvalue weighted by molar-refractivity contribution is 6.10. The average Bonchev–Trinajstić information content (AvgIpc) is 3.52. The smallest absolute Gasteiger partial charge is 0.0925 e. The van der Waals surface area contributed by atoms with Gasteiger partial charge in [-0.1, -0.05) is 0 Å². The van der Waals surface area contributed by atoms with Gasteiger partial charge in [0.25, 0.3) is 0 Å². The average molecular weight is 389 g/mol. The predicted molar refractivity (Wildman–Crippen MR) is 117 cm³/mol. The van der Waals surface area contributed by atoms with Gasteiger partial charge in [-0.05, 0) is 63.3 Å². The summed E-state index contributed by atoms with van der Waals surface area (Å²) in [6.45, 7) is 2.25. The Hall–Kier alpha value is -2.47. The topological polar surface area (TPSA) is 70.6 Å². The zero-order chi connectivity index (χ0) is 19.5. The molecule has 0 bridgehead atoms. The van der Waals surface area contributed by atoms with Gasteiger partial charge in [0.05, 0.1) is 29.0 Å². The number of allylic oxidation sites excluding steroid dienone is 2. The van der Waals surface area contributed by atoms with Gasteiger partial charge in [0.1, 0.15) is 0 Å². The van der Waals surface area contributed by atoms with Gasteiger partial charge in [0, 0.05) is 48.3 Å². The summed E-state index contributed by atoms with van der Waals surface area (Å²) in [4.78, 5) is 19.4. The summed E-state index contributed by atoms with van der Waals surface area (Å²) in [6, 6.07) is 8.29. The van der Waals surface area contributed by atoms with Gasteiger partial charge in [-0.15, -0.1) is 0 Å². The number of benzene rings is 1. The minimum Gasteiger partial charge on any atom is -0.401 e. The number of nitrogens with zero attached hydrogens (tertiary/aromatic N) is 5. The molecule has 2 aromatic rings. The first-order valence-electron chi connectivity index (χ1n) is 10.9. The van der Waals surface area contributed by atoms with E-state index in [1.54, 1.807) is 0 Å². The number of likely N-dealkylation sites (tertiary alicyclic amines) is 1. The Kier molecular flexibility index (Phi) is 3.91. The van der Waals surface area contributed by atoms with E-state index in [1.807, 2.05) is 12.4 Å². The molecule has 1 aromatic heterocycles. The molecule has 2 aliphatic carbocycles. The first-order valence-corrected chi connectivity index (χ1v) is 10.9. The van der Waals surface area contributed by atoms with E-state index in [-0.39, 0.29) is 0 Å². The van der Waals surface area contributed by atoms with Crippen LogP contribution in [-0.2, 0) is 0 Å². The van der Waals surface area contributed by atoms with Crippen LogP contribution in [0.15, 0.2) is 35.1 Å². The van der Waals surface area contributed by atoms with Crippen molar-refractivity contribution < 1.29 is 0 Å². The molecule has 6 nitrogen and oxygen atoms in total. The maximum absolute atomic E-state index is 6.52. The van der Waals surface area contributed by atoms with Crippen molar-refractivity contribution >= 4 is 28.5 Å². The fourth-order valence-electron chi connectivity index (χ4n) is 4.70. The van der Waals surface area contributed by atoms with Crippen LogP contribution >= 0.6 is 0 Å². The Morgan fingerprint density at radius 1 is 1.14 bits per heavy atom. The molecular formula is C23H28N6. The number of fused-ring (bicyclic) bond motifs is 2. The molecule has 2 atom stereocenters. The molecule has 29 heavy (non-hydrogen) atoms. The van der Waals surface area contributed by atoms with Crippen molar-refractivity contribution in [3.8, 4) is 0 Å². The second-order valence-electron chi connectivity index (χ2n) is 9.16. The molecule has 2 saturated heterocycles. The van der Waals surface area contributed by atoms with Gasteiger partial charge in [0.2, 0.25) is 0 Å². The third-order valence-corrected chi connectivity index (χ3v) is 7.22. The molecule has 0 spiro atoms. The van der Waals surface area contributed by atoms with Gasteiger partial charge < -0.3 is 10.6 Å².